The van der Waals surface area contributed by atoms with Crippen molar-refractivity contribution in [3.8, 4) is 11.3 Å². The number of anilines is 1. The lowest BCUT2D eigenvalue weighted by Gasteiger charge is -2.18. The number of aromatic nitrogens is 3. The van der Waals surface area contributed by atoms with Crippen LogP contribution in [0, 0.1) is 0 Å². The van der Waals surface area contributed by atoms with Crippen molar-refractivity contribution < 1.29 is 0 Å². The molecule has 0 bridgehead atoms. The summed E-state index contributed by atoms with van der Waals surface area (Å²) in [5.74, 6) is 0. The zero-order valence-electron chi connectivity index (χ0n) is 18.1. The Morgan fingerprint density at radius 2 is 1.89 bits per heavy atom. The minimum Gasteiger partial charge on any atom is -0.377 e. The Morgan fingerprint density at radius 3 is 2.57 bits per heavy atom. The summed E-state index contributed by atoms with van der Waals surface area (Å²) in [7, 11) is 6.34. The van der Waals surface area contributed by atoms with E-state index in [0.717, 1.165) is 41.1 Å². The summed E-state index contributed by atoms with van der Waals surface area (Å²) < 4.78 is 2.01. The summed E-state index contributed by atoms with van der Waals surface area (Å²) in [6, 6.07) is 11.2. The van der Waals surface area contributed by atoms with Crippen LogP contribution in [-0.2, 0) is 6.54 Å². The van der Waals surface area contributed by atoms with E-state index in [1.54, 1.807) is 0 Å². The third-order valence-electron chi connectivity index (χ3n) is 5.08. The van der Waals surface area contributed by atoms with Crippen molar-refractivity contribution in [2.45, 2.75) is 46.2 Å². The van der Waals surface area contributed by atoms with Crippen LogP contribution in [-0.4, -0.2) is 47.4 Å². The van der Waals surface area contributed by atoms with E-state index < -0.39 is 0 Å². The molecule has 0 aliphatic carbocycles. The van der Waals surface area contributed by atoms with Crippen LogP contribution in [0.5, 0.6) is 0 Å². The first-order chi connectivity index (χ1) is 13.4. The second kappa shape index (κ2) is 8.74. The molecule has 5 heteroatoms. The Hall–Kier alpha value is -2.40. The molecule has 0 N–H and O–H groups in total. The predicted octanol–water partition coefficient (Wildman–Crippen LogP) is 4.98. The third kappa shape index (κ3) is 4.36. The van der Waals surface area contributed by atoms with Crippen molar-refractivity contribution in [2.24, 2.45) is 0 Å². The summed E-state index contributed by atoms with van der Waals surface area (Å²) in [5.41, 5.74) is 5.57. The Bertz CT molecular complexity index is 926. The summed E-state index contributed by atoms with van der Waals surface area (Å²) in [6.07, 6.45) is 4.39. The van der Waals surface area contributed by atoms with Gasteiger partial charge < -0.3 is 9.80 Å². The minimum atomic E-state index is 0.272. The summed E-state index contributed by atoms with van der Waals surface area (Å²) in [6.45, 7) is 8.61. The molecule has 0 amide bonds. The molecular weight excluding hydrogens is 346 g/mol. The zero-order chi connectivity index (χ0) is 20.3. The first-order valence-electron chi connectivity index (χ1n) is 10.2. The summed E-state index contributed by atoms with van der Waals surface area (Å²) in [4.78, 5) is 9.53. The molecular formula is C23H33N5. The normalized spacial score (nSPS) is 11.7. The van der Waals surface area contributed by atoms with Crippen molar-refractivity contribution in [3.05, 3.63) is 42.1 Å². The number of unbranched alkanes of at least 4 members (excludes halogenated alkanes) is 1. The Kier molecular flexibility index (Phi) is 6.35. The second-order valence-corrected chi connectivity index (χ2v) is 8.13. The van der Waals surface area contributed by atoms with E-state index in [1.165, 1.54) is 18.4 Å². The standard InChI is InChI=1S/C23H33N5/c1-7-8-12-27(6)16-18-10-9-11-19(13-18)21-14-22(26(4)5)20-15-24-28(17(2)3)23(20)25-21/h9-11,13-15,17H,7-8,12,16H2,1-6H3. The van der Waals surface area contributed by atoms with Crippen LogP contribution in [0.4, 0.5) is 5.69 Å². The maximum atomic E-state index is 5.00. The van der Waals surface area contributed by atoms with Crippen molar-refractivity contribution in [1.82, 2.24) is 19.7 Å². The smallest absolute Gasteiger partial charge is 0.160 e. The molecule has 0 spiro atoms. The maximum absolute atomic E-state index is 5.00. The largest absolute Gasteiger partial charge is 0.377 e. The summed E-state index contributed by atoms with van der Waals surface area (Å²) >= 11 is 0. The van der Waals surface area contributed by atoms with Crippen LogP contribution >= 0.6 is 0 Å². The van der Waals surface area contributed by atoms with E-state index >= 15 is 0 Å². The fraction of sp³-hybridized carbons (Fsp3) is 0.478. The molecule has 2 heterocycles. The molecule has 5 nitrogen and oxygen atoms in total. The van der Waals surface area contributed by atoms with Gasteiger partial charge in [-0.3, -0.25) is 0 Å². The average molecular weight is 380 g/mol. The van der Waals surface area contributed by atoms with Crippen LogP contribution in [0.1, 0.15) is 45.2 Å². The molecule has 0 aliphatic heterocycles. The fourth-order valence-corrected chi connectivity index (χ4v) is 3.55. The molecule has 0 saturated heterocycles. The molecule has 0 fully saturated rings. The molecule has 0 atom stereocenters. The number of fused-ring (bicyclic) bond motifs is 1. The van der Waals surface area contributed by atoms with E-state index in [0.29, 0.717) is 0 Å². The Morgan fingerprint density at radius 1 is 1.11 bits per heavy atom. The zero-order valence-corrected chi connectivity index (χ0v) is 18.1. The van der Waals surface area contributed by atoms with Crippen molar-refractivity contribution in [1.29, 1.82) is 0 Å². The van der Waals surface area contributed by atoms with Gasteiger partial charge in [-0.15, -0.1) is 0 Å². The molecule has 3 rings (SSSR count). The lowest BCUT2D eigenvalue weighted by molar-refractivity contribution is 0.321. The van der Waals surface area contributed by atoms with Crippen LogP contribution in [0.2, 0.25) is 0 Å². The van der Waals surface area contributed by atoms with Gasteiger partial charge in [0.15, 0.2) is 5.65 Å². The molecule has 0 unspecified atom stereocenters. The topological polar surface area (TPSA) is 37.2 Å². The SMILES string of the molecule is CCCCN(C)Cc1cccc(-c2cc(N(C)C)c3cnn(C(C)C)c3n2)c1. The summed E-state index contributed by atoms with van der Waals surface area (Å²) in [5, 5.41) is 5.67. The molecule has 1 aromatic carbocycles. The maximum Gasteiger partial charge on any atom is 0.160 e. The monoisotopic (exact) mass is 379 g/mol. The lowest BCUT2D eigenvalue weighted by atomic mass is 10.1. The van der Waals surface area contributed by atoms with Crippen molar-refractivity contribution in [3.63, 3.8) is 0 Å². The highest BCUT2D eigenvalue weighted by atomic mass is 15.3. The predicted molar refractivity (Wildman–Crippen MR) is 119 cm³/mol. The van der Waals surface area contributed by atoms with Gasteiger partial charge in [0.1, 0.15) is 0 Å². The Balaban J connectivity index is 2.01. The number of rotatable bonds is 8. The minimum absolute atomic E-state index is 0.272. The highest BCUT2D eigenvalue weighted by molar-refractivity contribution is 5.92. The number of pyridine rings is 1. The van der Waals surface area contributed by atoms with Gasteiger partial charge in [-0.05, 0) is 51.6 Å². The third-order valence-corrected chi connectivity index (χ3v) is 5.08. The van der Waals surface area contributed by atoms with Crippen molar-refractivity contribution in [2.75, 3.05) is 32.6 Å². The van der Waals surface area contributed by atoms with Gasteiger partial charge in [0.05, 0.1) is 23.0 Å². The van der Waals surface area contributed by atoms with E-state index in [2.05, 4.69) is 87.1 Å². The molecule has 0 aliphatic rings. The van der Waals surface area contributed by atoms with Gasteiger partial charge >= 0.3 is 0 Å². The van der Waals surface area contributed by atoms with E-state index in [-0.39, 0.29) is 6.04 Å². The lowest BCUT2D eigenvalue weighted by Crippen LogP contribution is -2.18. The van der Waals surface area contributed by atoms with Gasteiger partial charge in [0.2, 0.25) is 0 Å². The van der Waals surface area contributed by atoms with Gasteiger partial charge in [-0.1, -0.05) is 31.5 Å². The Labute approximate surface area is 169 Å². The van der Waals surface area contributed by atoms with Gasteiger partial charge in [-0.2, -0.15) is 5.10 Å². The molecule has 150 valence electrons. The van der Waals surface area contributed by atoms with E-state index in [9.17, 15) is 0 Å². The first-order valence-corrected chi connectivity index (χ1v) is 10.2. The van der Waals surface area contributed by atoms with Gasteiger partial charge in [0, 0.05) is 32.2 Å². The molecule has 0 radical (unpaired) electrons. The molecule has 2 aromatic heterocycles. The molecule has 28 heavy (non-hydrogen) atoms. The number of hydrogen-bond acceptors (Lipinski definition) is 4. The number of hydrogen-bond donors (Lipinski definition) is 0. The van der Waals surface area contributed by atoms with E-state index in [4.69, 9.17) is 4.98 Å². The second-order valence-electron chi connectivity index (χ2n) is 8.13. The molecule has 3 aromatic rings. The number of benzene rings is 1. The average Bonchev–Trinajstić information content (AvgIpc) is 3.10. The number of nitrogens with zero attached hydrogens (tertiary/aromatic N) is 5. The highest BCUT2D eigenvalue weighted by Crippen LogP contribution is 2.31. The molecule has 0 saturated carbocycles. The van der Waals surface area contributed by atoms with Crippen LogP contribution in [0.25, 0.3) is 22.3 Å². The van der Waals surface area contributed by atoms with E-state index in [1.807, 2.05) is 10.9 Å². The van der Waals surface area contributed by atoms with Crippen LogP contribution in [0.3, 0.4) is 0 Å². The van der Waals surface area contributed by atoms with Crippen LogP contribution < -0.4 is 4.90 Å². The van der Waals surface area contributed by atoms with Crippen LogP contribution in [0.15, 0.2) is 36.5 Å². The van der Waals surface area contributed by atoms with Gasteiger partial charge in [-0.25, -0.2) is 9.67 Å². The first kappa shape index (κ1) is 20.3. The van der Waals surface area contributed by atoms with Crippen molar-refractivity contribution >= 4 is 16.7 Å². The highest BCUT2D eigenvalue weighted by Gasteiger charge is 2.15. The van der Waals surface area contributed by atoms with Gasteiger partial charge in [0.25, 0.3) is 0 Å². The quantitative estimate of drug-likeness (QED) is 0.553. The fourth-order valence-electron chi connectivity index (χ4n) is 3.55.